The Bertz CT molecular complexity index is 851. The van der Waals surface area contributed by atoms with E-state index in [9.17, 15) is 5.26 Å². The van der Waals surface area contributed by atoms with Gasteiger partial charge in [-0.05, 0) is 56.0 Å². The number of hydrogen-bond donors (Lipinski definition) is 1. The van der Waals surface area contributed by atoms with Crippen molar-refractivity contribution in [2.75, 3.05) is 0 Å². The largest absolute Gasteiger partial charge is 0.490 e. The van der Waals surface area contributed by atoms with Crippen LogP contribution in [0.4, 0.5) is 0 Å². The van der Waals surface area contributed by atoms with E-state index in [0.717, 1.165) is 24.1 Å². The van der Waals surface area contributed by atoms with Crippen LogP contribution in [0.2, 0.25) is 0 Å². The number of pyridine rings is 1. The summed E-state index contributed by atoms with van der Waals surface area (Å²) >= 11 is 0. The average Bonchev–Trinajstić information content (AvgIpc) is 2.99. The van der Waals surface area contributed by atoms with Gasteiger partial charge in [0, 0.05) is 23.8 Å². The molecule has 4 rings (SSSR count). The lowest BCUT2D eigenvalue weighted by Crippen LogP contribution is -2.42. The van der Waals surface area contributed by atoms with Gasteiger partial charge in [0.15, 0.2) is 0 Å². The quantitative estimate of drug-likeness (QED) is 0.935. The minimum atomic E-state index is 0.189. The molecule has 2 aromatic rings. The third-order valence-corrected chi connectivity index (χ3v) is 4.96. The Balaban J connectivity index is 1.60. The van der Waals surface area contributed by atoms with Gasteiger partial charge in [-0.2, -0.15) is 10.5 Å². The molecule has 0 radical (unpaired) electrons. The summed E-state index contributed by atoms with van der Waals surface area (Å²) in [6, 6.07) is 14.4. The molecule has 25 heavy (non-hydrogen) atoms. The number of ether oxygens (including phenoxy) is 1. The van der Waals surface area contributed by atoms with Crippen LogP contribution in [0.5, 0.6) is 5.75 Å². The summed E-state index contributed by atoms with van der Waals surface area (Å²) < 4.78 is 6.21. The number of rotatable bonds is 3. The number of hydrogen-bond acceptors (Lipinski definition) is 5. The van der Waals surface area contributed by atoms with Crippen molar-refractivity contribution < 1.29 is 4.74 Å². The molecule has 0 aliphatic carbocycles. The molecular formula is C20H18N4O. The van der Waals surface area contributed by atoms with Crippen molar-refractivity contribution in [2.24, 2.45) is 0 Å². The van der Waals surface area contributed by atoms with Crippen molar-refractivity contribution >= 4 is 0 Å². The molecule has 1 aromatic carbocycles. The Morgan fingerprint density at radius 2 is 1.76 bits per heavy atom. The first-order valence-electron chi connectivity index (χ1n) is 8.58. The van der Waals surface area contributed by atoms with E-state index >= 15 is 0 Å². The lowest BCUT2D eigenvalue weighted by molar-refractivity contribution is 0.137. The van der Waals surface area contributed by atoms with Crippen LogP contribution in [0.25, 0.3) is 11.3 Å². The standard InChI is InChI=1S/C20H18N4O/c21-10-13-1-4-20(23-12-13)15-5-14(11-22)6-18(7-15)25-19-8-16-2-3-17(9-19)24-16/h1,4-7,12,16-17,19,24H,2-3,8-9H2. The SMILES string of the molecule is N#Cc1ccc(-c2cc(C#N)cc(OC3CC4CCC(C3)N4)c2)nc1. The van der Waals surface area contributed by atoms with Gasteiger partial charge < -0.3 is 10.1 Å². The molecule has 2 saturated heterocycles. The highest BCUT2D eigenvalue weighted by atomic mass is 16.5. The Kier molecular flexibility index (Phi) is 4.09. The monoisotopic (exact) mass is 330 g/mol. The van der Waals surface area contributed by atoms with E-state index < -0.39 is 0 Å². The first-order chi connectivity index (χ1) is 12.2. The molecule has 0 saturated carbocycles. The Morgan fingerprint density at radius 3 is 2.40 bits per heavy atom. The molecule has 5 nitrogen and oxygen atoms in total. The van der Waals surface area contributed by atoms with E-state index in [2.05, 4.69) is 22.4 Å². The summed E-state index contributed by atoms with van der Waals surface area (Å²) in [5.74, 6) is 0.714. The van der Waals surface area contributed by atoms with Crippen molar-refractivity contribution in [3.63, 3.8) is 0 Å². The van der Waals surface area contributed by atoms with Gasteiger partial charge in [0.2, 0.25) is 0 Å². The maximum absolute atomic E-state index is 9.34. The normalized spacial score (nSPS) is 24.3. The molecule has 1 N–H and O–H groups in total. The Morgan fingerprint density at radius 1 is 1.00 bits per heavy atom. The van der Waals surface area contributed by atoms with Gasteiger partial charge in [0.25, 0.3) is 0 Å². The van der Waals surface area contributed by atoms with Crippen molar-refractivity contribution in [1.29, 1.82) is 10.5 Å². The summed E-state index contributed by atoms with van der Waals surface area (Å²) in [7, 11) is 0. The molecule has 3 heterocycles. The molecule has 5 heteroatoms. The van der Waals surface area contributed by atoms with Crippen molar-refractivity contribution in [3.8, 4) is 29.1 Å². The van der Waals surface area contributed by atoms with Crippen LogP contribution in [0.1, 0.15) is 36.8 Å². The smallest absolute Gasteiger partial charge is 0.121 e. The van der Waals surface area contributed by atoms with Gasteiger partial charge in [-0.25, -0.2) is 0 Å². The molecule has 2 atom stereocenters. The van der Waals surface area contributed by atoms with Gasteiger partial charge >= 0.3 is 0 Å². The van der Waals surface area contributed by atoms with E-state index in [1.54, 1.807) is 30.5 Å². The molecule has 0 amide bonds. The van der Waals surface area contributed by atoms with Gasteiger partial charge in [0.05, 0.1) is 22.9 Å². The molecule has 0 spiro atoms. The Labute approximate surface area is 146 Å². The number of nitrogens with zero attached hydrogens (tertiary/aromatic N) is 3. The minimum absolute atomic E-state index is 0.189. The summed E-state index contributed by atoms with van der Waals surface area (Å²) in [5.41, 5.74) is 2.62. The van der Waals surface area contributed by atoms with Crippen LogP contribution in [-0.4, -0.2) is 23.2 Å². The highest BCUT2D eigenvalue weighted by Gasteiger charge is 2.34. The third kappa shape index (κ3) is 3.33. The minimum Gasteiger partial charge on any atom is -0.490 e. The summed E-state index contributed by atoms with van der Waals surface area (Å²) in [6.45, 7) is 0. The highest BCUT2D eigenvalue weighted by Crippen LogP contribution is 2.31. The van der Waals surface area contributed by atoms with E-state index in [0.29, 0.717) is 29.0 Å². The van der Waals surface area contributed by atoms with Crippen molar-refractivity contribution in [1.82, 2.24) is 10.3 Å². The fraction of sp³-hybridized carbons (Fsp3) is 0.350. The number of aromatic nitrogens is 1. The van der Waals surface area contributed by atoms with Crippen LogP contribution in [0.15, 0.2) is 36.5 Å². The van der Waals surface area contributed by atoms with E-state index in [4.69, 9.17) is 10.00 Å². The van der Waals surface area contributed by atoms with Crippen LogP contribution >= 0.6 is 0 Å². The molecule has 1 aromatic heterocycles. The summed E-state index contributed by atoms with van der Waals surface area (Å²) in [6.07, 6.45) is 6.20. The third-order valence-electron chi connectivity index (χ3n) is 4.96. The van der Waals surface area contributed by atoms with E-state index in [-0.39, 0.29) is 6.10 Å². The fourth-order valence-corrected chi connectivity index (χ4v) is 3.80. The number of fused-ring (bicyclic) bond motifs is 2. The van der Waals surface area contributed by atoms with Gasteiger partial charge in [-0.3, -0.25) is 4.98 Å². The molecule has 2 aliphatic rings. The zero-order valence-electron chi connectivity index (χ0n) is 13.8. The van der Waals surface area contributed by atoms with Gasteiger partial charge in [-0.15, -0.1) is 0 Å². The second kappa shape index (κ2) is 6.55. The second-order valence-corrected chi connectivity index (χ2v) is 6.75. The molecule has 124 valence electrons. The zero-order valence-corrected chi connectivity index (χ0v) is 13.8. The number of benzene rings is 1. The lowest BCUT2D eigenvalue weighted by atomic mass is 10.0. The maximum Gasteiger partial charge on any atom is 0.121 e. The second-order valence-electron chi connectivity index (χ2n) is 6.75. The first kappa shape index (κ1) is 15.6. The zero-order chi connectivity index (χ0) is 17.2. The molecule has 2 aliphatic heterocycles. The molecular weight excluding hydrogens is 312 g/mol. The molecule has 2 unspecified atom stereocenters. The topological polar surface area (TPSA) is 81.7 Å². The van der Waals surface area contributed by atoms with Crippen LogP contribution in [-0.2, 0) is 0 Å². The van der Waals surface area contributed by atoms with E-state index in [1.807, 2.05) is 6.07 Å². The summed E-state index contributed by atoms with van der Waals surface area (Å²) in [4.78, 5) is 4.32. The predicted octanol–water partition coefficient (Wildman–Crippen LogP) is 3.15. The fourth-order valence-electron chi connectivity index (χ4n) is 3.80. The predicted molar refractivity (Wildman–Crippen MR) is 92.7 cm³/mol. The molecule has 2 fully saturated rings. The number of nitriles is 2. The number of piperidine rings is 1. The lowest BCUT2D eigenvalue weighted by Gasteiger charge is -2.29. The summed E-state index contributed by atoms with van der Waals surface area (Å²) in [5, 5.41) is 21.8. The van der Waals surface area contributed by atoms with Crippen LogP contribution in [0, 0.1) is 22.7 Å². The Hall–Kier alpha value is -2.89. The van der Waals surface area contributed by atoms with E-state index in [1.165, 1.54) is 12.8 Å². The number of nitrogens with one attached hydrogen (secondary N) is 1. The highest BCUT2D eigenvalue weighted by molar-refractivity contribution is 5.64. The van der Waals surface area contributed by atoms with Crippen LogP contribution in [0.3, 0.4) is 0 Å². The maximum atomic E-state index is 9.34. The van der Waals surface area contributed by atoms with Crippen LogP contribution < -0.4 is 10.1 Å². The van der Waals surface area contributed by atoms with Crippen molar-refractivity contribution in [3.05, 3.63) is 47.7 Å². The average molecular weight is 330 g/mol. The first-order valence-corrected chi connectivity index (χ1v) is 8.58. The van der Waals surface area contributed by atoms with Gasteiger partial charge in [0.1, 0.15) is 17.9 Å². The van der Waals surface area contributed by atoms with Gasteiger partial charge in [-0.1, -0.05) is 0 Å². The van der Waals surface area contributed by atoms with Crippen molar-refractivity contribution in [2.45, 2.75) is 43.9 Å². The molecule has 2 bridgehead atoms.